The number of aromatic hydroxyl groups is 1. The normalized spacial score (nSPS) is 17.2. The van der Waals surface area contributed by atoms with Crippen LogP contribution in [0.5, 0.6) is 17.4 Å². The fourth-order valence-electron chi connectivity index (χ4n) is 2.69. The molecule has 1 aliphatic heterocycles. The second-order valence-corrected chi connectivity index (χ2v) is 5.77. The lowest BCUT2D eigenvalue weighted by Crippen LogP contribution is -2.46. The van der Waals surface area contributed by atoms with Gasteiger partial charge in [-0.3, -0.25) is 4.79 Å². The highest BCUT2D eigenvalue weighted by atomic mass is 19.1. The maximum Gasteiger partial charge on any atom is 0.260 e. The Morgan fingerprint density at radius 3 is 2.96 bits per heavy atom. The molecule has 132 valence electrons. The van der Waals surface area contributed by atoms with E-state index in [1.54, 1.807) is 23.1 Å². The zero-order chi connectivity index (χ0) is 17.6. The average molecular weight is 346 g/mol. The Labute approximate surface area is 144 Å². The number of nitrogens with zero attached hydrogens (tertiary/aromatic N) is 2. The Kier molecular flexibility index (Phi) is 5.33. The number of phenols is 1. The number of carbonyl (C=O) groups excluding carboxylic acids is 1. The number of carbonyl (C=O) groups is 1. The summed E-state index contributed by atoms with van der Waals surface area (Å²) in [6.07, 6.45) is 2.62. The number of piperidine rings is 1. The molecule has 1 aromatic carbocycles. The molecule has 1 fully saturated rings. The molecule has 3 rings (SSSR count). The second kappa shape index (κ2) is 7.83. The van der Waals surface area contributed by atoms with E-state index in [0.717, 1.165) is 12.8 Å². The van der Waals surface area contributed by atoms with Gasteiger partial charge in [-0.2, -0.15) is 0 Å². The highest BCUT2D eigenvalue weighted by molar-refractivity contribution is 5.78. The third-order valence-electron chi connectivity index (χ3n) is 3.95. The van der Waals surface area contributed by atoms with Gasteiger partial charge in [0.2, 0.25) is 0 Å². The fourth-order valence-corrected chi connectivity index (χ4v) is 2.69. The van der Waals surface area contributed by atoms with E-state index in [-0.39, 0.29) is 36.0 Å². The third-order valence-corrected chi connectivity index (χ3v) is 3.95. The van der Waals surface area contributed by atoms with Crippen LogP contribution in [0.3, 0.4) is 0 Å². The number of likely N-dealkylation sites (tertiary alicyclic amines) is 1. The summed E-state index contributed by atoms with van der Waals surface area (Å²) in [5.41, 5.74) is 0. The quantitative estimate of drug-likeness (QED) is 0.900. The lowest BCUT2D eigenvalue weighted by Gasteiger charge is -2.32. The Balaban J connectivity index is 1.55. The minimum Gasteiger partial charge on any atom is -0.504 e. The summed E-state index contributed by atoms with van der Waals surface area (Å²) in [7, 11) is 0. The zero-order valence-electron chi connectivity index (χ0n) is 13.6. The van der Waals surface area contributed by atoms with E-state index in [1.807, 2.05) is 0 Å². The number of hydrogen-bond donors (Lipinski definition) is 1. The van der Waals surface area contributed by atoms with Crippen molar-refractivity contribution in [1.29, 1.82) is 0 Å². The Morgan fingerprint density at radius 1 is 1.32 bits per heavy atom. The summed E-state index contributed by atoms with van der Waals surface area (Å²) >= 11 is 0. The summed E-state index contributed by atoms with van der Waals surface area (Å²) in [4.78, 5) is 17.8. The molecule has 0 aliphatic carbocycles. The summed E-state index contributed by atoms with van der Waals surface area (Å²) in [6, 6.07) is 9.25. The lowest BCUT2D eigenvalue weighted by molar-refractivity contribution is -0.136. The lowest BCUT2D eigenvalue weighted by atomic mass is 10.1. The minimum absolute atomic E-state index is 0.0132. The molecule has 1 aromatic heterocycles. The highest BCUT2D eigenvalue weighted by Crippen LogP contribution is 2.24. The molecule has 1 amide bonds. The van der Waals surface area contributed by atoms with Crippen molar-refractivity contribution in [1.82, 2.24) is 9.88 Å². The van der Waals surface area contributed by atoms with E-state index >= 15 is 0 Å². The first-order chi connectivity index (χ1) is 12.1. The highest BCUT2D eigenvalue weighted by Gasteiger charge is 2.26. The molecule has 25 heavy (non-hydrogen) atoms. The number of ether oxygens (including phenoxy) is 2. The fraction of sp³-hybridized carbons (Fsp3) is 0.333. The SMILES string of the molecule is O=C(COc1ccccc1O)N1CCC[C@H](Oc2ncccc2F)C1. The first-order valence-electron chi connectivity index (χ1n) is 8.09. The van der Waals surface area contributed by atoms with Crippen LogP contribution in [-0.4, -0.2) is 46.7 Å². The molecular formula is C18H19FN2O4. The molecule has 1 saturated heterocycles. The average Bonchev–Trinajstić information content (AvgIpc) is 2.63. The Bertz CT molecular complexity index is 741. The number of aromatic nitrogens is 1. The van der Waals surface area contributed by atoms with Crippen LogP contribution in [0.2, 0.25) is 0 Å². The van der Waals surface area contributed by atoms with Crippen molar-refractivity contribution in [3.05, 3.63) is 48.4 Å². The van der Waals surface area contributed by atoms with Gasteiger partial charge in [0.25, 0.3) is 11.8 Å². The van der Waals surface area contributed by atoms with Gasteiger partial charge in [-0.15, -0.1) is 0 Å². The maximum atomic E-state index is 13.6. The molecule has 1 aliphatic rings. The Morgan fingerprint density at radius 2 is 2.16 bits per heavy atom. The van der Waals surface area contributed by atoms with Crippen LogP contribution in [0.4, 0.5) is 4.39 Å². The molecule has 1 atom stereocenters. The van der Waals surface area contributed by atoms with Crippen molar-refractivity contribution in [3.63, 3.8) is 0 Å². The van der Waals surface area contributed by atoms with Crippen molar-refractivity contribution in [2.45, 2.75) is 18.9 Å². The summed E-state index contributed by atoms with van der Waals surface area (Å²) in [5.74, 6) is -0.531. The number of para-hydroxylation sites is 2. The summed E-state index contributed by atoms with van der Waals surface area (Å²) in [5, 5.41) is 9.65. The van der Waals surface area contributed by atoms with Gasteiger partial charge < -0.3 is 19.5 Å². The molecule has 2 heterocycles. The van der Waals surface area contributed by atoms with Gasteiger partial charge in [0, 0.05) is 12.7 Å². The molecule has 7 heteroatoms. The van der Waals surface area contributed by atoms with Gasteiger partial charge in [0.05, 0.1) is 6.54 Å². The molecule has 1 N–H and O–H groups in total. The molecule has 6 nitrogen and oxygen atoms in total. The molecule has 0 saturated carbocycles. The summed E-state index contributed by atoms with van der Waals surface area (Å²) in [6.45, 7) is 0.759. The van der Waals surface area contributed by atoms with Crippen LogP contribution in [0.1, 0.15) is 12.8 Å². The zero-order valence-corrected chi connectivity index (χ0v) is 13.6. The van der Waals surface area contributed by atoms with E-state index in [2.05, 4.69) is 4.98 Å². The molecular weight excluding hydrogens is 327 g/mol. The second-order valence-electron chi connectivity index (χ2n) is 5.77. The van der Waals surface area contributed by atoms with Crippen molar-refractivity contribution in [3.8, 4) is 17.4 Å². The van der Waals surface area contributed by atoms with Crippen LogP contribution < -0.4 is 9.47 Å². The number of pyridine rings is 1. The number of amides is 1. The predicted octanol–water partition coefficient (Wildman–Crippen LogP) is 2.38. The van der Waals surface area contributed by atoms with Crippen molar-refractivity contribution in [2.24, 2.45) is 0 Å². The van der Waals surface area contributed by atoms with Crippen molar-refractivity contribution >= 4 is 5.91 Å². The van der Waals surface area contributed by atoms with Gasteiger partial charge in [-0.25, -0.2) is 9.37 Å². The number of benzene rings is 1. The largest absolute Gasteiger partial charge is 0.504 e. The first-order valence-corrected chi connectivity index (χ1v) is 8.09. The van der Waals surface area contributed by atoms with E-state index in [1.165, 1.54) is 24.4 Å². The van der Waals surface area contributed by atoms with Crippen LogP contribution >= 0.6 is 0 Å². The molecule has 0 spiro atoms. The van der Waals surface area contributed by atoms with Gasteiger partial charge in [0.1, 0.15) is 6.10 Å². The number of halogens is 1. The Hall–Kier alpha value is -2.83. The van der Waals surface area contributed by atoms with Gasteiger partial charge in [-0.1, -0.05) is 12.1 Å². The number of rotatable bonds is 5. The maximum absolute atomic E-state index is 13.6. The van der Waals surface area contributed by atoms with Crippen LogP contribution in [0.25, 0.3) is 0 Å². The smallest absolute Gasteiger partial charge is 0.260 e. The standard InChI is InChI=1S/C18H19FN2O4/c19-14-6-3-9-20-18(14)25-13-5-4-10-21(11-13)17(23)12-24-16-8-2-1-7-15(16)22/h1-3,6-9,13,22H,4-5,10-12H2/t13-/m0/s1. The van der Waals surface area contributed by atoms with Crippen molar-refractivity contribution < 1.29 is 23.8 Å². The van der Waals surface area contributed by atoms with Crippen molar-refractivity contribution in [2.75, 3.05) is 19.7 Å². The molecule has 0 unspecified atom stereocenters. The number of phenolic OH excluding ortho intramolecular Hbond substituents is 1. The molecule has 0 radical (unpaired) electrons. The van der Waals surface area contributed by atoms with Gasteiger partial charge in [-0.05, 0) is 37.1 Å². The topological polar surface area (TPSA) is 71.9 Å². The van der Waals surface area contributed by atoms with Crippen LogP contribution in [-0.2, 0) is 4.79 Å². The number of hydrogen-bond acceptors (Lipinski definition) is 5. The third kappa shape index (κ3) is 4.37. The van der Waals surface area contributed by atoms with Gasteiger partial charge in [0.15, 0.2) is 23.9 Å². The van der Waals surface area contributed by atoms with E-state index < -0.39 is 5.82 Å². The van der Waals surface area contributed by atoms with E-state index in [9.17, 15) is 14.3 Å². The predicted molar refractivity (Wildman–Crippen MR) is 88.0 cm³/mol. The minimum atomic E-state index is -0.520. The van der Waals surface area contributed by atoms with Crippen LogP contribution in [0, 0.1) is 5.82 Å². The first kappa shape index (κ1) is 17.0. The van der Waals surface area contributed by atoms with Crippen LogP contribution in [0.15, 0.2) is 42.6 Å². The summed E-state index contributed by atoms with van der Waals surface area (Å²) < 4.78 is 24.6. The van der Waals surface area contributed by atoms with E-state index in [0.29, 0.717) is 13.1 Å². The molecule has 2 aromatic rings. The monoisotopic (exact) mass is 346 g/mol. The van der Waals surface area contributed by atoms with Gasteiger partial charge >= 0.3 is 0 Å². The van der Waals surface area contributed by atoms with E-state index in [4.69, 9.17) is 9.47 Å². The molecule has 0 bridgehead atoms.